The standard InChI is InChI=1S/C13H14ClNO3/c14-10-3-1-2-9(6-10)4-5-13(18)15-7-11(16)12(17)8-15/h1-6,11-12,16-17H,7-8H2/b5-4+. The van der Waals surface area contributed by atoms with Gasteiger partial charge in [0.1, 0.15) is 0 Å². The number of aliphatic hydroxyl groups excluding tert-OH is 2. The van der Waals surface area contributed by atoms with Crippen LogP contribution in [-0.4, -0.2) is 46.3 Å². The van der Waals surface area contributed by atoms with Gasteiger partial charge in [-0.3, -0.25) is 4.79 Å². The first-order chi connectivity index (χ1) is 8.56. The minimum atomic E-state index is -0.853. The van der Waals surface area contributed by atoms with Crippen LogP contribution in [0.3, 0.4) is 0 Å². The molecule has 18 heavy (non-hydrogen) atoms. The average molecular weight is 268 g/mol. The molecule has 96 valence electrons. The number of likely N-dealkylation sites (tertiary alicyclic amines) is 1. The Hall–Kier alpha value is -1.36. The van der Waals surface area contributed by atoms with Crippen molar-refractivity contribution in [1.29, 1.82) is 0 Å². The summed E-state index contributed by atoms with van der Waals surface area (Å²) >= 11 is 5.83. The summed E-state index contributed by atoms with van der Waals surface area (Å²) in [5.41, 5.74) is 0.830. The van der Waals surface area contributed by atoms with Crippen molar-refractivity contribution in [3.8, 4) is 0 Å². The molecule has 2 N–H and O–H groups in total. The van der Waals surface area contributed by atoms with Crippen molar-refractivity contribution in [1.82, 2.24) is 4.90 Å². The highest BCUT2D eigenvalue weighted by molar-refractivity contribution is 6.30. The summed E-state index contributed by atoms with van der Waals surface area (Å²) in [6.45, 7) is 0.333. The van der Waals surface area contributed by atoms with Gasteiger partial charge in [0.2, 0.25) is 5.91 Å². The summed E-state index contributed by atoms with van der Waals surface area (Å²) in [4.78, 5) is 13.2. The lowest BCUT2D eigenvalue weighted by Gasteiger charge is -2.11. The molecule has 1 aliphatic rings. The zero-order valence-electron chi connectivity index (χ0n) is 9.66. The maximum Gasteiger partial charge on any atom is 0.246 e. The van der Waals surface area contributed by atoms with Gasteiger partial charge in [-0.05, 0) is 23.8 Å². The molecular formula is C13H14ClNO3. The monoisotopic (exact) mass is 267 g/mol. The molecule has 0 radical (unpaired) electrons. The van der Waals surface area contributed by atoms with E-state index in [1.807, 2.05) is 6.07 Å². The second-order valence-electron chi connectivity index (χ2n) is 4.27. The molecule has 1 heterocycles. The van der Waals surface area contributed by atoms with Gasteiger partial charge in [-0.1, -0.05) is 23.7 Å². The number of carbonyl (C=O) groups excluding carboxylic acids is 1. The fraction of sp³-hybridized carbons (Fsp3) is 0.308. The van der Waals surface area contributed by atoms with E-state index in [4.69, 9.17) is 11.6 Å². The van der Waals surface area contributed by atoms with Gasteiger partial charge in [0.25, 0.3) is 0 Å². The van der Waals surface area contributed by atoms with Gasteiger partial charge in [0, 0.05) is 24.2 Å². The molecule has 4 nitrogen and oxygen atoms in total. The van der Waals surface area contributed by atoms with Gasteiger partial charge in [-0.25, -0.2) is 0 Å². The predicted molar refractivity (Wildman–Crippen MR) is 69.1 cm³/mol. The minimum absolute atomic E-state index is 0.167. The number of rotatable bonds is 2. The van der Waals surface area contributed by atoms with E-state index >= 15 is 0 Å². The molecule has 0 spiro atoms. The molecule has 0 aromatic heterocycles. The van der Waals surface area contributed by atoms with E-state index in [0.717, 1.165) is 5.56 Å². The number of β-amino-alcohol motifs (C(OH)–C–C–N with tert-alkyl or cyclic N) is 2. The smallest absolute Gasteiger partial charge is 0.246 e. The second-order valence-corrected chi connectivity index (χ2v) is 4.70. The highest BCUT2D eigenvalue weighted by Gasteiger charge is 2.31. The summed E-state index contributed by atoms with van der Waals surface area (Å²) in [6, 6.07) is 7.14. The van der Waals surface area contributed by atoms with Crippen LogP contribution in [0, 0.1) is 0 Å². The van der Waals surface area contributed by atoms with Crippen LogP contribution in [0.2, 0.25) is 5.02 Å². The Morgan fingerprint density at radius 3 is 2.61 bits per heavy atom. The fourth-order valence-electron chi connectivity index (χ4n) is 1.83. The van der Waals surface area contributed by atoms with Crippen molar-refractivity contribution in [2.75, 3.05) is 13.1 Å². The molecule has 1 fully saturated rings. The van der Waals surface area contributed by atoms with Crippen LogP contribution in [-0.2, 0) is 4.79 Å². The summed E-state index contributed by atoms with van der Waals surface area (Å²) in [6.07, 6.45) is 1.36. The van der Waals surface area contributed by atoms with Crippen molar-refractivity contribution in [3.05, 3.63) is 40.9 Å². The van der Waals surface area contributed by atoms with Crippen molar-refractivity contribution in [3.63, 3.8) is 0 Å². The molecule has 2 atom stereocenters. The van der Waals surface area contributed by atoms with Crippen molar-refractivity contribution in [2.45, 2.75) is 12.2 Å². The van der Waals surface area contributed by atoms with Crippen LogP contribution >= 0.6 is 11.6 Å². The second kappa shape index (κ2) is 5.52. The Balaban J connectivity index is 1.99. The van der Waals surface area contributed by atoms with Crippen molar-refractivity contribution < 1.29 is 15.0 Å². The van der Waals surface area contributed by atoms with E-state index < -0.39 is 12.2 Å². The lowest BCUT2D eigenvalue weighted by atomic mass is 10.2. The third-order valence-electron chi connectivity index (χ3n) is 2.84. The summed E-state index contributed by atoms with van der Waals surface area (Å²) < 4.78 is 0. The van der Waals surface area contributed by atoms with E-state index in [9.17, 15) is 15.0 Å². The van der Waals surface area contributed by atoms with Crippen molar-refractivity contribution in [2.24, 2.45) is 0 Å². The number of hydrogen-bond donors (Lipinski definition) is 2. The van der Waals surface area contributed by atoms with E-state index in [1.54, 1.807) is 24.3 Å². The van der Waals surface area contributed by atoms with Crippen LogP contribution in [0.15, 0.2) is 30.3 Å². The molecule has 1 aromatic rings. The molecular weight excluding hydrogens is 254 g/mol. The number of halogens is 1. The fourth-order valence-corrected chi connectivity index (χ4v) is 2.03. The maximum atomic E-state index is 11.8. The molecule has 1 aliphatic heterocycles. The minimum Gasteiger partial charge on any atom is -0.388 e. The molecule has 1 saturated heterocycles. The molecule has 0 bridgehead atoms. The molecule has 2 rings (SSSR count). The lowest BCUT2D eigenvalue weighted by Crippen LogP contribution is -2.27. The number of benzene rings is 1. The van der Waals surface area contributed by atoms with Gasteiger partial charge in [-0.15, -0.1) is 0 Å². The summed E-state index contributed by atoms with van der Waals surface area (Å²) in [5.74, 6) is -0.231. The van der Waals surface area contributed by atoms with Crippen molar-refractivity contribution >= 4 is 23.6 Å². The van der Waals surface area contributed by atoms with Gasteiger partial charge >= 0.3 is 0 Å². The third-order valence-corrected chi connectivity index (χ3v) is 3.07. The maximum absolute atomic E-state index is 11.8. The molecule has 5 heteroatoms. The Morgan fingerprint density at radius 1 is 1.33 bits per heavy atom. The van der Waals surface area contributed by atoms with Gasteiger partial charge < -0.3 is 15.1 Å². The van der Waals surface area contributed by atoms with E-state index in [1.165, 1.54) is 11.0 Å². The summed E-state index contributed by atoms with van der Waals surface area (Å²) in [5, 5.41) is 19.3. The first kappa shape index (κ1) is 13.1. The van der Waals surface area contributed by atoms with Crippen LogP contribution in [0.1, 0.15) is 5.56 Å². The number of amides is 1. The van der Waals surface area contributed by atoms with E-state index in [0.29, 0.717) is 5.02 Å². The van der Waals surface area contributed by atoms with Gasteiger partial charge in [0.05, 0.1) is 12.2 Å². The number of nitrogens with zero attached hydrogens (tertiary/aromatic N) is 1. The molecule has 1 amide bonds. The van der Waals surface area contributed by atoms with Crippen LogP contribution in [0.5, 0.6) is 0 Å². The third kappa shape index (κ3) is 3.10. The van der Waals surface area contributed by atoms with Gasteiger partial charge in [-0.2, -0.15) is 0 Å². The average Bonchev–Trinajstić information content (AvgIpc) is 2.67. The molecule has 0 aliphatic carbocycles. The Morgan fingerprint density at radius 2 is 2.00 bits per heavy atom. The largest absolute Gasteiger partial charge is 0.388 e. The predicted octanol–water partition coefficient (Wildman–Crippen LogP) is 0.917. The van der Waals surface area contributed by atoms with Crippen LogP contribution in [0.4, 0.5) is 0 Å². The Kier molecular flexibility index (Phi) is 4.01. The zero-order valence-corrected chi connectivity index (χ0v) is 10.4. The SMILES string of the molecule is O=C(/C=C/c1cccc(Cl)c1)N1CC(O)C(O)C1. The first-order valence-electron chi connectivity index (χ1n) is 5.65. The number of hydrogen-bond acceptors (Lipinski definition) is 3. The Labute approximate surface area is 110 Å². The molecule has 0 saturated carbocycles. The molecule has 1 aromatic carbocycles. The highest BCUT2D eigenvalue weighted by atomic mass is 35.5. The topological polar surface area (TPSA) is 60.8 Å². The highest BCUT2D eigenvalue weighted by Crippen LogP contribution is 2.13. The normalized spacial score (nSPS) is 23.8. The molecule has 2 unspecified atom stereocenters. The summed E-state index contributed by atoms with van der Waals surface area (Å²) in [7, 11) is 0. The first-order valence-corrected chi connectivity index (χ1v) is 6.03. The Bertz CT molecular complexity index is 465. The number of carbonyl (C=O) groups is 1. The van der Waals surface area contributed by atoms with Crippen LogP contribution < -0.4 is 0 Å². The van der Waals surface area contributed by atoms with E-state index in [2.05, 4.69) is 0 Å². The zero-order chi connectivity index (χ0) is 13.1. The van der Waals surface area contributed by atoms with Gasteiger partial charge in [0.15, 0.2) is 0 Å². The lowest BCUT2D eigenvalue weighted by molar-refractivity contribution is -0.125. The quantitative estimate of drug-likeness (QED) is 0.784. The number of aliphatic hydroxyl groups is 2. The van der Waals surface area contributed by atoms with Crippen LogP contribution in [0.25, 0.3) is 6.08 Å². The van der Waals surface area contributed by atoms with E-state index in [-0.39, 0.29) is 19.0 Å².